The third-order valence-electron chi connectivity index (χ3n) is 2.20. The molecule has 0 atom stereocenters. The number of hydrogen-bond acceptors (Lipinski definition) is 2. The van der Waals surface area contributed by atoms with Gasteiger partial charge in [0.25, 0.3) is 0 Å². The number of hydrogen-bond donors (Lipinski definition) is 1. The summed E-state index contributed by atoms with van der Waals surface area (Å²) in [6.45, 7) is 5.87. The molecule has 1 N–H and O–H groups in total. The number of methoxy groups -OCH3 is 1. The van der Waals surface area contributed by atoms with E-state index in [9.17, 15) is 0 Å². The van der Waals surface area contributed by atoms with Gasteiger partial charge in [0.2, 0.25) is 0 Å². The number of halogens is 1. The van der Waals surface area contributed by atoms with E-state index < -0.39 is 0 Å². The van der Waals surface area contributed by atoms with Crippen molar-refractivity contribution in [1.29, 1.82) is 0 Å². The summed E-state index contributed by atoms with van der Waals surface area (Å²) >= 11 is 6.03. The summed E-state index contributed by atoms with van der Waals surface area (Å²) in [4.78, 5) is 0. The minimum atomic E-state index is 0.656. The molecule has 3 heteroatoms. The molecule has 0 aliphatic rings. The minimum absolute atomic E-state index is 0.656. The van der Waals surface area contributed by atoms with Gasteiger partial charge in [-0.05, 0) is 31.5 Å². The van der Waals surface area contributed by atoms with Gasteiger partial charge in [-0.2, -0.15) is 0 Å². The SMILES string of the molecule is COc1ccc(CNCC=C(C)C)cc1Cl. The first kappa shape index (κ1) is 13.1. The van der Waals surface area contributed by atoms with Gasteiger partial charge in [0.1, 0.15) is 5.75 Å². The second kappa shape index (κ2) is 6.56. The number of ether oxygens (including phenoxy) is 1. The topological polar surface area (TPSA) is 21.3 Å². The standard InChI is InChI=1S/C13H18ClNO/c1-10(2)6-7-15-9-11-4-5-13(16-3)12(14)8-11/h4-6,8,15H,7,9H2,1-3H3. The molecule has 0 saturated carbocycles. The molecular formula is C13H18ClNO. The Balaban J connectivity index is 2.49. The van der Waals surface area contributed by atoms with Crippen LogP contribution in [0.5, 0.6) is 5.75 Å². The van der Waals surface area contributed by atoms with Crippen molar-refractivity contribution in [1.82, 2.24) is 5.32 Å². The van der Waals surface area contributed by atoms with E-state index in [2.05, 4.69) is 25.2 Å². The second-order valence-corrected chi connectivity index (χ2v) is 4.29. The Morgan fingerprint density at radius 1 is 1.44 bits per heavy atom. The molecule has 0 fully saturated rings. The van der Waals surface area contributed by atoms with Crippen LogP contribution in [0.2, 0.25) is 5.02 Å². The second-order valence-electron chi connectivity index (χ2n) is 3.88. The number of nitrogens with one attached hydrogen (secondary N) is 1. The van der Waals surface area contributed by atoms with Gasteiger partial charge in [0.05, 0.1) is 12.1 Å². The van der Waals surface area contributed by atoms with Gasteiger partial charge in [-0.1, -0.05) is 29.3 Å². The number of allylic oxidation sites excluding steroid dienone is 1. The maximum atomic E-state index is 6.03. The van der Waals surface area contributed by atoms with Crippen LogP contribution in [0.3, 0.4) is 0 Å². The highest BCUT2D eigenvalue weighted by molar-refractivity contribution is 6.32. The highest BCUT2D eigenvalue weighted by atomic mass is 35.5. The van der Waals surface area contributed by atoms with Crippen molar-refractivity contribution in [3.05, 3.63) is 40.4 Å². The van der Waals surface area contributed by atoms with Crippen molar-refractivity contribution in [2.75, 3.05) is 13.7 Å². The van der Waals surface area contributed by atoms with Gasteiger partial charge < -0.3 is 10.1 Å². The lowest BCUT2D eigenvalue weighted by Gasteiger charge is -2.06. The van der Waals surface area contributed by atoms with E-state index in [-0.39, 0.29) is 0 Å². The van der Waals surface area contributed by atoms with E-state index >= 15 is 0 Å². The minimum Gasteiger partial charge on any atom is -0.495 e. The molecule has 0 spiro atoms. The lowest BCUT2D eigenvalue weighted by atomic mass is 10.2. The van der Waals surface area contributed by atoms with E-state index in [0.717, 1.165) is 24.4 Å². The van der Waals surface area contributed by atoms with E-state index in [4.69, 9.17) is 16.3 Å². The van der Waals surface area contributed by atoms with Crippen molar-refractivity contribution in [3.8, 4) is 5.75 Å². The molecule has 0 aliphatic carbocycles. The van der Waals surface area contributed by atoms with Crippen LogP contribution in [-0.4, -0.2) is 13.7 Å². The summed E-state index contributed by atoms with van der Waals surface area (Å²) in [5.74, 6) is 0.717. The van der Waals surface area contributed by atoms with Crippen LogP contribution in [0.1, 0.15) is 19.4 Å². The molecule has 0 saturated heterocycles. The van der Waals surface area contributed by atoms with Crippen molar-refractivity contribution in [2.24, 2.45) is 0 Å². The summed E-state index contributed by atoms with van der Waals surface area (Å²) in [6, 6.07) is 5.83. The molecule has 0 unspecified atom stereocenters. The van der Waals surface area contributed by atoms with Crippen molar-refractivity contribution in [3.63, 3.8) is 0 Å². The van der Waals surface area contributed by atoms with Crippen LogP contribution in [0.25, 0.3) is 0 Å². The number of rotatable bonds is 5. The molecule has 1 aromatic carbocycles. The van der Waals surface area contributed by atoms with E-state index in [1.54, 1.807) is 7.11 Å². The van der Waals surface area contributed by atoms with Gasteiger partial charge in [-0.25, -0.2) is 0 Å². The van der Waals surface area contributed by atoms with E-state index in [1.165, 1.54) is 5.57 Å². The Morgan fingerprint density at radius 2 is 2.19 bits per heavy atom. The summed E-state index contributed by atoms with van der Waals surface area (Å²) in [5, 5.41) is 3.98. The molecule has 1 rings (SSSR count). The lowest BCUT2D eigenvalue weighted by molar-refractivity contribution is 0.415. The van der Waals surface area contributed by atoms with Crippen molar-refractivity contribution < 1.29 is 4.74 Å². The third-order valence-corrected chi connectivity index (χ3v) is 2.50. The summed E-state index contributed by atoms with van der Waals surface area (Å²) in [5.41, 5.74) is 2.48. The zero-order valence-corrected chi connectivity index (χ0v) is 10.8. The summed E-state index contributed by atoms with van der Waals surface area (Å²) in [6.07, 6.45) is 2.16. The van der Waals surface area contributed by atoms with Gasteiger partial charge >= 0.3 is 0 Å². The van der Waals surface area contributed by atoms with Crippen LogP contribution in [-0.2, 0) is 6.54 Å². The first-order valence-electron chi connectivity index (χ1n) is 5.30. The highest BCUT2D eigenvalue weighted by Crippen LogP contribution is 2.24. The molecule has 0 bridgehead atoms. The van der Waals surface area contributed by atoms with Gasteiger partial charge in [0.15, 0.2) is 0 Å². The predicted octanol–water partition coefficient (Wildman–Crippen LogP) is 3.40. The normalized spacial score (nSPS) is 10.0. The first-order valence-corrected chi connectivity index (χ1v) is 5.67. The summed E-state index contributed by atoms with van der Waals surface area (Å²) in [7, 11) is 1.62. The molecule has 16 heavy (non-hydrogen) atoms. The molecular weight excluding hydrogens is 222 g/mol. The first-order chi connectivity index (χ1) is 7.63. The van der Waals surface area contributed by atoms with Gasteiger partial charge in [-0.3, -0.25) is 0 Å². The van der Waals surface area contributed by atoms with Crippen LogP contribution >= 0.6 is 11.6 Å². The molecule has 88 valence electrons. The average Bonchev–Trinajstić information content (AvgIpc) is 2.24. The maximum Gasteiger partial charge on any atom is 0.137 e. The quantitative estimate of drug-likeness (QED) is 0.628. The van der Waals surface area contributed by atoms with Crippen LogP contribution in [0, 0.1) is 0 Å². The monoisotopic (exact) mass is 239 g/mol. The molecule has 0 heterocycles. The van der Waals surface area contributed by atoms with Gasteiger partial charge in [-0.15, -0.1) is 0 Å². The smallest absolute Gasteiger partial charge is 0.137 e. The number of benzene rings is 1. The molecule has 0 radical (unpaired) electrons. The largest absolute Gasteiger partial charge is 0.495 e. The van der Waals surface area contributed by atoms with E-state index in [1.807, 2.05) is 18.2 Å². The van der Waals surface area contributed by atoms with Crippen molar-refractivity contribution >= 4 is 11.6 Å². The maximum absolute atomic E-state index is 6.03. The highest BCUT2D eigenvalue weighted by Gasteiger charge is 2.00. The fraction of sp³-hybridized carbons (Fsp3) is 0.385. The zero-order chi connectivity index (χ0) is 12.0. The molecule has 0 aliphatic heterocycles. The average molecular weight is 240 g/mol. The molecule has 2 nitrogen and oxygen atoms in total. The Hall–Kier alpha value is -0.990. The Morgan fingerprint density at radius 3 is 2.75 bits per heavy atom. The van der Waals surface area contributed by atoms with Gasteiger partial charge in [0, 0.05) is 13.1 Å². The predicted molar refractivity (Wildman–Crippen MR) is 69.1 cm³/mol. The van der Waals surface area contributed by atoms with Crippen LogP contribution < -0.4 is 10.1 Å². The van der Waals surface area contributed by atoms with Crippen LogP contribution in [0.15, 0.2) is 29.8 Å². The third kappa shape index (κ3) is 4.25. The molecule has 0 aromatic heterocycles. The Kier molecular flexibility index (Phi) is 5.36. The van der Waals surface area contributed by atoms with Crippen molar-refractivity contribution in [2.45, 2.75) is 20.4 Å². The summed E-state index contributed by atoms with van der Waals surface area (Å²) < 4.78 is 5.10. The molecule has 0 amide bonds. The molecule has 1 aromatic rings. The fourth-order valence-corrected chi connectivity index (χ4v) is 1.59. The van der Waals surface area contributed by atoms with E-state index in [0.29, 0.717) is 5.02 Å². The Labute approximate surface area is 102 Å². The lowest BCUT2D eigenvalue weighted by Crippen LogP contribution is -2.13. The fourth-order valence-electron chi connectivity index (χ4n) is 1.31. The van der Waals surface area contributed by atoms with Crippen LogP contribution in [0.4, 0.5) is 0 Å². The Bertz CT molecular complexity index is 370. The zero-order valence-electron chi connectivity index (χ0n) is 10.0.